The number of rotatable bonds is 4. The predicted octanol–water partition coefficient (Wildman–Crippen LogP) is 1.63. The van der Waals surface area contributed by atoms with Gasteiger partial charge in [0, 0.05) is 25.0 Å². The Kier molecular flexibility index (Phi) is 3.85. The summed E-state index contributed by atoms with van der Waals surface area (Å²) in [6.45, 7) is 3.83. The maximum Gasteiger partial charge on any atom is 0.226 e. The fourth-order valence-electron chi connectivity index (χ4n) is 3.06. The molecule has 0 aromatic carbocycles. The molecular formula is C13H24N2O. The Balaban J connectivity index is 1.93. The molecule has 2 rings (SSSR count). The van der Waals surface area contributed by atoms with Crippen molar-refractivity contribution in [3.8, 4) is 0 Å². The number of carbonyl (C=O) groups is 1. The van der Waals surface area contributed by atoms with Crippen LogP contribution < -0.4 is 5.32 Å². The first-order valence-corrected chi connectivity index (χ1v) is 6.69. The molecule has 2 atom stereocenters. The van der Waals surface area contributed by atoms with Crippen LogP contribution in [0.25, 0.3) is 0 Å². The summed E-state index contributed by atoms with van der Waals surface area (Å²) < 4.78 is 0. The molecular weight excluding hydrogens is 200 g/mol. The van der Waals surface area contributed by atoms with Crippen LogP contribution in [0.2, 0.25) is 0 Å². The third kappa shape index (κ3) is 2.24. The third-order valence-electron chi connectivity index (χ3n) is 4.21. The summed E-state index contributed by atoms with van der Waals surface area (Å²) in [5.41, 5.74) is 0. The summed E-state index contributed by atoms with van der Waals surface area (Å²) in [5, 5.41) is 3.10. The normalized spacial score (nSPS) is 27.9. The molecule has 0 aromatic heterocycles. The van der Waals surface area contributed by atoms with Crippen LogP contribution in [-0.4, -0.2) is 37.0 Å². The maximum absolute atomic E-state index is 12.3. The molecule has 0 radical (unpaired) electrons. The lowest BCUT2D eigenvalue weighted by molar-refractivity contribution is -0.137. The molecule has 2 unspecified atom stereocenters. The number of likely N-dealkylation sites (tertiary alicyclic amines) is 1. The van der Waals surface area contributed by atoms with E-state index in [1.165, 1.54) is 32.1 Å². The first kappa shape index (κ1) is 11.9. The van der Waals surface area contributed by atoms with Gasteiger partial charge >= 0.3 is 0 Å². The number of amides is 1. The second-order valence-corrected chi connectivity index (χ2v) is 5.39. The number of nitrogens with one attached hydrogen (secondary N) is 1. The summed E-state index contributed by atoms with van der Waals surface area (Å²) in [4.78, 5) is 14.4. The summed E-state index contributed by atoms with van der Waals surface area (Å²) in [5.74, 6) is 1.31. The smallest absolute Gasteiger partial charge is 0.226 e. The monoisotopic (exact) mass is 224 g/mol. The van der Waals surface area contributed by atoms with E-state index in [9.17, 15) is 4.79 Å². The zero-order valence-electron chi connectivity index (χ0n) is 10.5. The first-order valence-electron chi connectivity index (χ1n) is 6.69. The molecule has 1 saturated carbocycles. The van der Waals surface area contributed by atoms with Gasteiger partial charge in [-0.25, -0.2) is 0 Å². The Morgan fingerprint density at radius 3 is 2.69 bits per heavy atom. The SMILES string of the molecule is CNCC(C)C(=O)N1CCCC1C1CCC1. The van der Waals surface area contributed by atoms with Gasteiger partial charge in [-0.3, -0.25) is 4.79 Å². The third-order valence-corrected chi connectivity index (χ3v) is 4.21. The fraction of sp³-hybridized carbons (Fsp3) is 0.923. The Morgan fingerprint density at radius 2 is 2.12 bits per heavy atom. The molecule has 0 bridgehead atoms. The molecule has 1 aliphatic heterocycles. The lowest BCUT2D eigenvalue weighted by Crippen LogP contribution is -2.45. The zero-order valence-corrected chi connectivity index (χ0v) is 10.5. The molecule has 1 aliphatic carbocycles. The second kappa shape index (κ2) is 5.17. The minimum atomic E-state index is 0.130. The average Bonchev–Trinajstić information content (AvgIpc) is 2.63. The van der Waals surface area contributed by atoms with Gasteiger partial charge in [-0.2, -0.15) is 0 Å². The van der Waals surface area contributed by atoms with E-state index in [-0.39, 0.29) is 5.92 Å². The van der Waals surface area contributed by atoms with Crippen LogP contribution in [0.4, 0.5) is 0 Å². The van der Waals surface area contributed by atoms with Crippen LogP contribution in [0.3, 0.4) is 0 Å². The molecule has 1 heterocycles. The molecule has 0 spiro atoms. The number of nitrogens with zero attached hydrogens (tertiary/aromatic N) is 1. The highest BCUT2D eigenvalue weighted by Crippen LogP contribution is 2.37. The van der Waals surface area contributed by atoms with Crippen molar-refractivity contribution in [1.29, 1.82) is 0 Å². The van der Waals surface area contributed by atoms with Gasteiger partial charge < -0.3 is 10.2 Å². The molecule has 16 heavy (non-hydrogen) atoms. The molecule has 2 fully saturated rings. The maximum atomic E-state index is 12.3. The molecule has 1 amide bonds. The van der Waals surface area contributed by atoms with Crippen LogP contribution >= 0.6 is 0 Å². The van der Waals surface area contributed by atoms with E-state index in [0.29, 0.717) is 11.9 Å². The topological polar surface area (TPSA) is 32.3 Å². The molecule has 3 heteroatoms. The van der Waals surface area contributed by atoms with Crippen LogP contribution in [0, 0.1) is 11.8 Å². The van der Waals surface area contributed by atoms with Gasteiger partial charge in [0.15, 0.2) is 0 Å². The molecule has 1 saturated heterocycles. The Labute approximate surface area is 98.6 Å². The first-order chi connectivity index (χ1) is 7.74. The Bertz CT molecular complexity index is 250. The van der Waals surface area contributed by atoms with Crippen LogP contribution in [0.5, 0.6) is 0 Å². The largest absolute Gasteiger partial charge is 0.339 e. The molecule has 92 valence electrons. The van der Waals surface area contributed by atoms with Crippen LogP contribution in [0.1, 0.15) is 39.0 Å². The minimum Gasteiger partial charge on any atom is -0.339 e. The summed E-state index contributed by atoms with van der Waals surface area (Å²) in [6.07, 6.45) is 6.50. The molecule has 2 aliphatic rings. The predicted molar refractivity (Wildman–Crippen MR) is 65.2 cm³/mol. The van der Waals surface area contributed by atoms with Crippen molar-refractivity contribution in [3.05, 3.63) is 0 Å². The molecule has 3 nitrogen and oxygen atoms in total. The Morgan fingerprint density at radius 1 is 1.38 bits per heavy atom. The van der Waals surface area contributed by atoms with Crippen molar-refractivity contribution in [3.63, 3.8) is 0 Å². The van der Waals surface area contributed by atoms with E-state index < -0.39 is 0 Å². The highest BCUT2D eigenvalue weighted by atomic mass is 16.2. The fourth-order valence-corrected chi connectivity index (χ4v) is 3.06. The lowest BCUT2D eigenvalue weighted by atomic mass is 9.78. The summed E-state index contributed by atoms with van der Waals surface area (Å²) in [7, 11) is 1.91. The van der Waals surface area contributed by atoms with Crippen molar-refractivity contribution in [2.24, 2.45) is 11.8 Å². The van der Waals surface area contributed by atoms with Crippen molar-refractivity contribution in [1.82, 2.24) is 10.2 Å². The average molecular weight is 224 g/mol. The van der Waals surface area contributed by atoms with Gasteiger partial charge in [-0.15, -0.1) is 0 Å². The van der Waals surface area contributed by atoms with Crippen molar-refractivity contribution in [2.75, 3.05) is 20.1 Å². The number of hydrogen-bond donors (Lipinski definition) is 1. The highest BCUT2D eigenvalue weighted by Gasteiger charge is 2.38. The van der Waals surface area contributed by atoms with Crippen LogP contribution in [-0.2, 0) is 4.79 Å². The Hall–Kier alpha value is -0.570. The quantitative estimate of drug-likeness (QED) is 0.787. The van der Waals surface area contributed by atoms with E-state index in [4.69, 9.17) is 0 Å². The summed E-state index contributed by atoms with van der Waals surface area (Å²) in [6, 6.07) is 0.570. The second-order valence-electron chi connectivity index (χ2n) is 5.39. The summed E-state index contributed by atoms with van der Waals surface area (Å²) >= 11 is 0. The van der Waals surface area contributed by atoms with Gasteiger partial charge in [-0.1, -0.05) is 13.3 Å². The molecule has 0 aromatic rings. The highest BCUT2D eigenvalue weighted by molar-refractivity contribution is 5.79. The van der Waals surface area contributed by atoms with Gasteiger partial charge in [-0.05, 0) is 38.6 Å². The lowest BCUT2D eigenvalue weighted by Gasteiger charge is -2.38. The van der Waals surface area contributed by atoms with Crippen LogP contribution in [0.15, 0.2) is 0 Å². The van der Waals surface area contributed by atoms with E-state index >= 15 is 0 Å². The standard InChI is InChI=1S/C13H24N2O/c1-10(9-14-2)13(16)15-8-4-7-12(15)11-5-3-6-11/h10-12,14H,3-9H2,1-2H3. The van der Waals surface area contributed by atoms with Gasteiger partial charge in [0.2, 0.25) is 5.91 Å². The van der Waals surface area contributed by atoms with E-state index in [1.54, 1.807) is 0 Å². The van der Waals surface area contributed by atoms with Crippen molar-refractivity contribution in [2.45, 2.75) is 45.1 Å². The van der Waals surface area contributed by atoms with Crippen molar-refractivity contribution < 1.29 is 4.79 Å². The van der Waals surface area contributed by atoms with Gasteiger partial charge in [0.05, 0.1) is 0 Å². The van der Waals surface area contributed by atoms with Gasteiger partial charge in [0.1, 0.15) is 0 Å². The number of hydrogen-bond acceptors (Lipinski definition) is 2. The van der Waals surface area contributed by atoms with Crippen molar-refractivity contribution >= 4 is 5.91 Å². The zero-order chi connectivity index (χ0) is 11.5. The van der Waals surface area contributed by atoms with E-state index in [0.717, 1.165) is 19.0 Å². The number of carbonyl (C=O) groups excluding carboxylic acids is 1. The van der Waals surface area contributed by atoms with E-state index in [2.05, 4.69) is 10.2 Å². The van der Waals surface area contributed by atoms with E-state index in [1.807, 2.05) is 14.0 Å². The minimum absolute atomic E-state index is 0.130. The molecule has 1 N–H and O–H groups in total. The van der Waals surface area contributed by atoms with Gasteiger partial charge in [0.25, 0.3) is 0 Å².